The van der Waals surface area contributed by atoms with Crippen molar-refractivity contribution >= 4 is 23.9 Å². The molecule has 0 aliphatic carbocycles. The summed E-state index contributed by atoms with van der Waals surface area (Å²) in [6.07, 6.45) is -0.893. The van der Waals surface area contributed by atoms with E-state index in [0.717, 1.165) is 0 Å². The van der Waals surface area contributed by atoms with E-state index in [9.17, 15) is 29.4 Å². The summed E-state index contributed by atoms with van der Waals surface area (Å²) in [5, 5.41) is 19.8. The van der Waals surface area contributed by atoms with Crippen LogP contribution < -0.4 is 10.2 Å². The predicted octanol–water partition coefficient (Wildman–Crippen LogP) is -2.59. The van der Waals surface area contributed by atoms with Gasteiger partial charge in [-0.05, 0) is 12.8 Å². The average molecular weight is 416 g/mol. The Hall–Kier alpha value is -1.58. The van der Waals surface area contributed by atoms with Crippen molar-refractivity contribution in [3.8, 4) is 0 Å². The second kappa shape index (κ2) is 20.5. The van der Waals surface area contributed by atoms with Gasteiger partial charge in [-0.25, -0.2) is 0 Å². The van der Waals surface area contributed by atoms with Gasteiger partial charge in [0.25, 0.3) is 0 Å². The number of aliphatic carboxylic acids is 2. The Morgan fingerprint density at radius 3 is 1.20 bits per heavy atom. The number of carboxylic acids is 2. The fourth-order valence-corrected chi connectivity index (χ4v) is 1.03. The molecule has 0 N–H and O–H groups in total. The average Bonchev–Trinajstić information content (AvgIpc) is 2.52. The third kappa shape index (κ3) is 27.6. The van der Waals surface area contributed by atoms with Gasteiger partial charge in [0.15, 0.2) is 0 Å². The minimum Gasteiger partial charge on any atom is -0.550 e. The Kier molecular flexibility index (Phi) is 23.1. The van der Waals surface area contributed by atoms with E-state index in [1.54, 1.807) is 0 Å². The topological polar surface area (TPSA) is 151 Å². The number of rotatable bonds is 12. The standard InChI is InChI=1S/2C7H12O5.Zn/c2*1-11-4-5-12-7(10)3-2-6(8)9;/h2*2-5H2,1H3,(H,8,9);/q;;+2/p-2. The van der Waals surface area contributed by atoms with Gasteiger partial charge in [-0.3, -0.25) is 9.59 Å². The smallest absolute Gasteiger partial charge is 0.550 e. The number of hydrogen-bond donors (Lipinski definition) is 0. The first-order valence-electron chi connectivity index (χ1n) is 7.02. The molecule has 0 bridgehead atoms. The Morgan fingerprint density at radius 1 is 0.640 bits per heavy atom. The molecule has 0 radical (unpaired) electrons. The SMILES string of the molecule is COCCOC(=O)CCC(=O)[O-].COCCOC(=O)CCC(=O)[O-].[Zn+2]. The number of carbonyl (C=O) groups is 4. The first-order chi connectivity index (χ1) is 11.3. The molecule has 0 heterocycles. The van der Waals surface area contributed by atoms with Crippen molar-refractivity contribution in [1.29, 1.82) is 0 Å². The van der Waals surface area contributed by atoms with Gasteiger partial charge in [-0.2, -0.15) is 0 Å². The molecule has 0 unspecified atom stereocenters. The van der Waals surface area contributed by atoms with Crippen LogP contribution in [-0.2, 0) is 57.6 Å². The molecule has 10 nitrogen and oxygen atoms in total. The van der Waals surface area contributed by atoms with E-state index in [1.807, 2.05) is 0 Å². The fraction of sp³-hybridized carbons (Fsp3) is 0.714. The van der Waals surface area contributed by atoms with Crippen molar-refractivity contribution in [2.24, 2.45) is 0 Å². The molecule has 140 valence electrons. The molecule has 0 fully saturated rings. The number of esters is 2. The molecular weight excluding hydrogens is 394 g/mol. The fourth-order valence-electron chi connectivity index (χ4n) is 1.03. The molecule has 0 aromatic heterocycles. The van der Waals surface area contributed by atoms with Crippen molar-refractivity contribution in [1.82, 2.24) is 0 Å². The van der Waals surface area contributed by atoms with Crippen LogP contribution in [-0.4, -0.2) is 64.5 Å². The molecule has 0 aliphatic heterocycles. The zero-order valence-electron chi connectivity index (χ0n) is 14.4. The van der Waals surface area contributed by atoms with E-state index in [0.29, 0.717) is 13.2 Å². The Labute approximate surface area is 158 Å². The van der Waals surface area contributed by atoms with E-state index in [2.05, 4.69) is 18.9 Å². The Balaban J connectivity index is -0.000000372. The van der Waals surface area contributed by atoms with Crippen LogP contribution in [0.4, 0.5) is 0 Å². The largest absolute Gasteiger partial charge is 2.00 e. The number of methoxy groups -OCH3 is 2. The van der Waals surface area contributed by atoms with Crippen molar-refractivity contribution < 1.29 is 67.8 Å². The molecule has 0 aromatic rings. The third-order valence-electron chi connectivity index (χ3n) is 2.17. The van der Waals surface area contributed by atoms with Crippen molar-refractivity contribution in [3.05, 3.63) is 0 Å². The molecule has 0 aliphatic rings. The van der Waals surface area contributed by atoms with Gasteiger partial charge in [0, 0.05) is 26.2 Å². The van der Waals surface area contributed by atoms with Crippen LogP contribution in [0.2, 0.25) is 0 Å². The molecule has 0 saturated heterocycles. The molecule has 11 heteroatoms. The molecular formula is C14H22O10Zn. The quantitative estimate of drug-likeness (QED) is 0.188. The van der Waals surface area contributed by atoms with Crippen LogP contribution in [0.15, 0.2) is 0 Å². The summed E-state index contributed by atoms with van der Waals surface area (Å²) in [5.41, 5.74) is 0. The third-order valence-corrected chi connectivity index (χ3v) is 2.17. The Bertz CT molecular complexity index is 350. The summed E-state index contributed by atoms with van der Waals surface area (Å²) < 4.78 is 18.4. The second-order valence-corrected chi connectivity index (χ2v) is 4.17. The molecule has 0 amide bonds. The molecule has 0 rings (SSSR count). The van der Waals surface area contributed by atoms with Crippen LogP contribution in [0, 0.1) is 0 Å². The number of carboxylic acid groups (broad SMARTS) is 2. The Morgan fingerprint density at radius 2 is 0.960 bits per heavy atom. The minimum atomic E-state index is -1.25. The number of carbonyl (C=O) groups excluding carboxylic acids is 4. The van der Waals surface area contributed by atoms with E-state index in [4.69, 9.17) is 0 Å². The van der Waals surface area contributed by atoms with Crippen LogP contribution in [0.5, 0.6) is 0 Å². The normalized spacial score (nSPS) is 9.04. The van der Waals surface area contributed by atoms with Crippen LogP contribution in [0.3, 0.4) is 0 Å². The molecule has 25 heavy (non-hydrogen) atoms. The van der Waals surface area contributed by atoms with E-state index >= 15 is 0 Å². The zero-order chi connectivity index (χ0) is 18.8. The maximum absolute atomic E-state index is 10.7. The van der Waals surface area contributed by atoms with Gasteiger partial charge in [-0.1, -0.05) is 0 Å². The first kappa shape index (κ1) is 28.2. The second-order valence-electron chi connectivity index (χ2n) is 4.17. The van der Waals surface area contributed by atoms with Gasteiger partial charge >= 0.3 is 31.4 Å². The van der Waals surface area contributed by atoms with Crippen LogP contribution in [0.25, 0.3) is 0 Å². The predicted molar refractivity (Wildman–Crippen MR) is 74.2 cm³/mol. The summed E-state index contributed by atoms with van der Waals surface area (Å²) in [6, 6.07) is 0. The molecule has 0 saturated carbocycles. The van der Waals surface area contributed by atoms with Gasteiger partial charge in [0.1, 0.15) is 13.2 Å². The summed E-state index contributed by atoms with van der Waals surface area (Å²) in [4.78, 5) is 41.1. The van der Waals surface area contributed by atoms with Crippen molar-refractivity contribution in [2.45, 2.75) is 25.7 Å². The summed E-state index contributed by atoms with van der Waals surface area (Å²) >= 11 is 0. The van der Waals surface area contributed by atoms with Gasteiger partial charge in [0.2, 0.25) is 0 Å². The number of ether oxygens (including phenoxy) is 4. The number of hydrogen-bond acceptors (Lipinski definition) is 10. The van der Waals surface area contributed by atoms with Crippen LogP contribution in [0.1, 0.15) is 25.7 Å². The van der Waals surface area contributed by atoms with Crippen LogP contribution >= 0.6 is 0 Å². The van der Waals surface area contributed by atoms with E-state index < -0.39 is 23.9 Å². The zero-order valence-corrected chi connectivity index (χ0v) is 17.4. The maximum Gasteiger partial charge on any atom is 2.00 e. The molecule has 0 atom stereocenters. The first-order valence-corrected chi connectivity index (χ1v) is 7.02. The van der Waals surface area contributed by atoms with Crippen molar-refractivity contribution in [2.75, 3.05) is 40.6 Å². The molecule has 0 spiro atoms. The monoisotopic (exact) mass is 414 g/mol. The summed E-state index contributed by atoms with van der Waals surface area (Å²) in [7, 11) is 2.96. The van der Waals surface area contributed by atoms with Crippen molar-refractivity contribution in [3.63, 3.8) is 0 Å². The summed E-state index contributed by atoms with van der Waals surface area (Å²) in [5.74, 6) is -3.59. The molecule has 0 aromatic carbocycles. The van der Waals surface area contributed by atoms with Gasteiger partial charge in [-0.15, -0.1) is 0 Å². The minimum absolute atomic E-state index is 0. The van der Waals surface area contributed by atoms with Gasteiger partial charge < -0.3 is 38.7 Å². The van der Waals surface area contributed by atoms with E-state index in [1.165, 1.54) is 14.2 Å². The summed E-state index contributed by atoms with van der Waals surface area (Å²) in [6.45, 7) is 0.943. The van der Waals surface area contributed by atoms with Gasteiger partial charge in [0.05, 0.1) is 26.1 Å². The maximum atomic E-state index is 10.7. The van der Waals surface area contributed by atoms with E-state index in [-0.39, 0.29) is 58.4 Å².